The Labute approximate surface area is 81.6 Å². The maximum absolute atomic E-state index is 11.5. The van der Waals surface area contributed by atoms with Gasteiger partial charge in [-0.25, -0.2) is 4.79 Å². The molecule has 1 saturated heterocycles. The van der Waals surface area contributed by atoms with Crippen LogP contribution in [-0.4, -0.2) is 47.3 Å². The number of hydrogen-bond donors (Lipinski definition) is 1. The average Bonchev–Trinajstić information content (AvgIpc) is 2.12. The van der Waals surface area contributed by atoms with Crippen molar-refractivity contribution in [3.05, 3.63) is 0 Å². The summed E-state index contributed by atoms with van der Waals surface area (Å²) < 4.78 is 0. The summed E-state index contributed by atoms with van der Waals surface area (Å²) >= 11 is 0. The first-order chi connectivity index (χ1) is 6.61. The van der Waals surface area contributed by atoms with E-state index in [0.29, 0.717) is 0 Å². The van der Waals surface area contributed by atoms with Crippen LogP contribution in [-0.2, 0) is 9.59 Å². The summed E-state index contributed by atoms with van der Waals surface area (Å²) in [5.74, 6) is -0.897. The minimum Gasteiger partial charge on any atom is -0.329 e. The summed E-state index contributed by atoms with van der Waals surface area (Å²) in [6, 6.07) is -0.556. The van der Waals surface area contributed by atoms with E-state index in [2.05, 4.69) is 0 Å². The highest BCUT2D eigenvalue weighted by molar-refractivity contribution is 6.14. The molecule has 1 aliphatic rings. The van der Waals surface area contributed by atoms with Gasteiger partial charge >= 0.3 is 6.03 Å². The van der Waals surface area contributed by atoms with Gasteiger partial charge in [-0.15, -0.1) is 0 Å². The molecule has 0 bridgehead atoms. The largest absolute Gasteiger partial charge is 0.333 e. The van der Waals surface area contributed by atoms with Gasteiger partial charge in [0.1, 0.15) is 6.42 Å². The maximum Gasteiger partial charge on any atom is 0.333 e. The van der Waals surface area contributed by atoms with Crippen molar-refractivity contribution < 1.29 is 14.4 Å². The Hall–Kier alpha value is -1.43. The van der Waals surface area contributed by atoms with Crippen LogP contribution in [0, 0.1) is 0 Å². The van der Waals surface area contributed by atoms with Gasteiger partial charge in [0, 0.05) is 19.6 Å². The summed E-state index contributed by atoms with van der Waals surface area (Å²) in [6.07, 6.45) is -0.237. The molecule has 2 N–H and O–H groups in total. The van der Waals surface area contributed by atoms with Crippen molar-refractivity contribution in [1.29, 1.82) is 0 Å². The Kier molecular flexibility index (Phi) is 3.19. The Morgan fingerprint density at radius 2 is 1.79 bits per heavy atom. The zero-order valence-corrected chi connectivity index (χ0v) is 8.02. The Morgan fingerprint density at radius 3 is 2.29 bits per heavy atom. The molecular formula is C8H13N3O3. The molecule has 1 rings (SSSR count). The number of hydrogen-bond acceptors (Lipinski definition) is 4. The summed E-state index contributed by atoms with van der Waals surface area (Å²) in [6.45, 7) is 2.35. The summed E-state index contributed by atoms with van der Waals surface area (Å²) in [4.78, 5) is 36.1. The molecule has 0 atom stereocenters. The van der Waals surface area contributed by atoms with Gasteiger partial charge in [-0.05, 0) is 6.92 Å². The number of nitrogens with two attached hydrogens (primary N) is 1. The standard InChI is InChI=1S/C8H13N3O3/c1-2-10-6(12)5-7(13)11(4-3-9)8(10)14/h2-5,9H2,1H3. The lowest BCUT2D eigenvalue weighted by atomic mass is 10.2. The molecule has 78 valence electrons. The highest BCUT2D eigenvalue weighted by atomic mass is 16.2. The lowest BCUT2D eigenvalue weighted by Gasteiger charge is -2.31. The van der Waals surface area contributed by atoms with Crippen molar-refractivity contribution in [1.82, 2.24) is 9.80 Å². The van der Waals surface area contributed by atoms with Gasteiger partial charge < -0.3 is 5.73 Å². The number of carbonyl (C=O) groups excluding carboxylic acids is 3. The molecule has 0 spiro atoms. The molecule has 0 radical (unpaired) electrons. The average molecular weight is 199 g/mol. The first kappa shape index (κ1) is 10.6. The van der Waals surface area contributed by atoms with Crippen molar-refractivity contribution in [3.63, 3.8) is 0 Å². The number of amides is 4. The van der Waals surface area contributed by atoms with Gasteiger partial charge in [0.25, 0.3) is 0 Å². The van der Waals surface area contributed by atoms with Crippen LogP contribution in [0.5, 0.6) is 0 Å². The van der Waals surface area contributed by atoms with Gasteiger partial charge in [0.15, 0.2) is 0 Å². The molecule has 6 nitrogen and oxygen atoms in total. The Bertz CT molecular complexity index is 277. The van der Waals surface area contributed by atoms with E-state index in [4.69, 9.17) is 5.73 Å². The fourth-order valence-corrected chi connectivity index (χ4v) is 1.34. The lowest BCUT2D eigenvalue weighted by Crippen LogP contribution is -2.55. The first-order valence-corrected chi connectivity index (χ1v) is 4.46. The smallest absolute Gasteiger partial charge is 0.329 e. The molecule has 14 heavy (non-hydrogen) atoms. The number of barbiturate groups is 1. The van der Waals surface area contributed by atoms with E-state index in [1.807, 2.05) is 0 Å². The van der Waals surface area contributed by atoms with Crippen LogP contribution < -0.4 is 5.73 Å². The lowest BCUT2D eigenvalue weighted by molar-refractivity contribution is -0.142. The van der Waals surface area contributed by atoms with Gasteiger partial charge in [-0.3, -0.25) is 19.4 Å². The summed E-state index contributed by atoms with van der Waals surface area (Å²) in [7, 11) is 0. The second-order valence-corrected chi connectivity index (χ2v) is 2.93. The van der Waals surface area contributed by atoms with E-state index in [0.717, 1.165) is 9.80 Å². The molecule has 0 unspecified atom stereocenters. The van der Waals surface area contributed by atoms with Crippen LogP contribution in [0.25, 0.3) is 0 Å². The zero-order chi connectivity index (χ0) is 10.7. The number of carbonyl (C=O) groups is 3. The normalized spacial score (nSPS) is 18.0. The van der Waals surface area contributed by atoms with Gasteiger partial charge in [-0.2, -0.15) is 0 Å². The topological polar surface area (TPSA) is 83.7 Å². The van der Waals surface area contributed by atoms with Crippen molar-refractivity contribution >= 4 is 17.8 Å². The third-order valence-corrected chi connectivity index (χ3v) is 2.04. The van der Waals surface area contributed by atoms with Crippen molar-refractivity contribution in [2.75, 3.05) is 19.6 Å². The molecule has 6 heteroatoms. The van der Waals surface area contributed by atoms with Crippen LogP contribution in [0.3, 0.4) is 0 Å². The molecular weight excluding hydrogens is 186 g/mol. The van der Waals surface area contributed by atoms with Crippen molar-refractivity contribution in [3.8, 4) is 0 Å². The van der Waals surface area contributed by atoms with E-state index in [9.17, 15) is 14.4 Å². The van der Waals surface area contributed by atoms with E-state index in [-0.39, 0.29) is 26.1 Å². The van der Waals surface area contributed by atoms with Crippen LogP contribution in [0.2, 0.25) is 0 Å². The van der Waals surface area contributed by atoms with Gasteiger partial charge in [0.2, 0.25) is 11.8 Å². The number of imide groups is 2. The summed E-state index contributed by atoms with van der Waals surface area (Å²) in [5, 5.41) is 0. The molecule has 1 fully saturated rings. The molecule has 0 saturated carbocycles. The SMILES string of the molecule is CCN1C(=O)CC(=O)N(CCN)C1=O. The fourth-order valence-electron chi connectivity index (χ4n) is 1.34. The second kappa shape index (κ2) is 4.19. The maximum atomic E-state index is 11.5. The third-order valence-electron chi connectivity index (χ3n) is 2.04. The molecule has 0 aromatic rings. The Balaban J connectivity index is 2.82. The molecule has 0 aromatic heterocycles. The number of urea groups is 1. The number of rotatable bonds is 3. The predicted octanol–water partition coefficient (Wildman–Crippen LogP) is -0.854. The monoisotopic (exact) mass is 199 g/mol. The molecule has 1 aliphatic heterocycles. The van der Waals surface area contributed by atoms with Crippen molar-refractivity contribution in [2.24, 2.45) is 5.73 Å². The van der Waals surface area contributed by atoms with E-state index in [1.165, 1.54) is 0 Å². The molecule has 1 heterocycles. The van der Waals surface area contributed by atoms with Crippen LogP contribution in [0.1, 0.15) is 13.3 Å². The number of nitrogens with zero attached hydrogens (tertiary/aromatic N) is 2. The van der Waals surface area contributed by atoms with Gasteiger partial charge in [-0.1, -0.05) is 0 Å². The van der Waals surface area contributed by atoms with E-state index in [1.54, 1.807) is 6.92 Å². The minimum absolute atomic E-state index is 0.168. The quantitative estimate of drug-likeness (QED) is 0.600. The Morgan fingerprint density at radius 1 is 1.21 bits per heavy atom. The van der Waals surface area contributed by atoms with E-state index >= 15 is 0 Å². The van der Waals surface area contributed by atoms with Crippen LogP contribution >= 0.6 is 0 Å². The molecule has 0 aliphatic carbocycles. The third kappa shape index (κ3) is 1.74. The van der Waals surface area contributed by atoms with E-state index < -0.39 is 17.8 Å². The summed E-state index contributed by atoms with van der Waals surface area (Å²) in [5.41, 5.74) is 5.26. The van der Waals surface area contributed by atoms with Crippen LogP contribution in [0.15, 0.2) is 0 Å². The predicted molar refractivity (Wildman–Crippen MR) is 48.2 cm³/mol. The molecule has 4 amide bonds. The fraction of sp³-hybridized carbons (Fsp3) is 0.625. The first-order valence-electron chi connectivity index (χ1n) is 4.46. The zero-order valence-electron chi connectivity index (χ0n) is 8.02. The van der Waals surface area contributed by atoms with Crippen LogP contribution in [0.4, 0.5) is 4.79 Å². The minimum atomic E-state index is -0.556. The van der Waals surface area contributed by atoms with Gasteiger partial charge in [0.05, 0.1) is 0 Å². The highest BCUT2D eigenvalue weighted by Gasteiger charge is 2.36. The van der Waals surface area contributed by atoms with Crippen molar-refractivity contribution in [2.45, 2.75) is 13.3 Å². The second-order valence-electron chi connectivity index (χ2n) is 2.93. The highest BCUT2D eigenvalue weighted by Crippen LogP contribution is 2.10. The molecule has 0 aromatic carbocycles.